The zero-order chi connectivity index (χ0) is 14.7. The van der Waals surface area contributed by atoms with E-state index in [1.807, 2.05) is 28.5 Å². The van der Waals surface area contributed by atoms with E-state index in [0.29, 0.717) is 12.5 Å². The average Bonchev–Trinajstić information content (AvgIpc) is 3.01. The summed E-state index contributed by atoms with van der Waals surface area (Å²) in [4.78, 5) is 17.9. The molecule has 1 fully saturated rings. The van der Waals surface area contributed by atoms with Crippen molar-refractivity contribution in [2.45, 2.75) is 19.4 Å². The molecular weight excluding hydrogens is 280 g/mol. The lowest BCUT2D eigenvalue weighted by atomic mass is 10.1. The SMILES string of the molecule is CC1CN(C(=O)Cc2cccs2)CCN1c1ccccc1. The van der Waals surface area contributed by atoms with Crippen LogP contribution in [-0.2, 0) is 11.2 Å². The third kappa shape index (κ3) is 3.27. The van der Waals surface area contributed by atoms with Gasteiger partial charge in [0, 0.05) is 36.2 Å². The monoisotopic (exact) mass is 300 g/mol. The number of carbonyl (C=O) groups excluding carboxylic acids is 1. The highest BCUT2D eigenvalue weighted by Gasteiger charge is 2.26. The molecule has 0 bridgehead atoms. The molecule has 2 aromatic rings. The van der Waals surface area contributed by atoms with Gasteiger partial charge < -0.3 is 9.80 Å². The predicted molar refractivity (Wildman–Crippen MR) is 87.9 cm³/mol. The van der Waals surface area contributed by atoms with Crippen LogP contribution in [0, 0.1) is 0 Å². The second-order valence-electron chi connectivity index (χ2n) is 5.47. The Labute approximate surface area is 129 Å². The second kappa shape index (κ2) is 6.31. The molecule has 1 aromatic heterocycles. The van der Waals surface area contributed by atoms with Crippen molar-refractivity contribution in [2.24, 2.45) is 0 Å². The molecule has 2 heterocycles. The Balaban J connectivity index is 1.61. The molecule has 0 N–H and O–H groups in total. The van der Waals surface area contributed by atoms with Crippen molar-refractivity contribution in [3.63, 3.8) is 0 Å². The first kappa shape index (κ1) is 14.1. The van der Waals surface area contributed by atoms with Gasteiger partial charge >= 0.3 is 0 Å². The summed E-state index contributed by atoms with van der Waals surface area (Å²) in [6, 6.07) is 14.8. The van der Waals surface area contributed by atoms with Crippen molar-refractivity contribution < 1.29 is 4.79 Å². The Morgan fingerprint density at radius 3 is 2.67 bits per heavy atom. The van der Waals surface area contributed by atoms with Crippen LogP contribution >= 0.6 is 11.3 Å². The van der Waals surface area contributed by atoms with Crippen molar-refractivity contribution in [2.75, 3.05) is 24.5 Å². The molecule has 1 amide bonds. The zero-order valence-electron chi connectivity index (χ0n) is 12.2. The second-order valence-corrected chi connectivity index (χ2v) is 6.51. The molecule has 1 unspecified atom stereocenters. The number of anilines is 1. The number of rotatable bonds is 3. The summed E-state index contributed by atoms with van der Waals surface area (Å²) in [6.07, 6.45) is 0.537. The van der Waals surface area contributed by atoms with E-state index < -0.39 is 0 Å². The van der Waals surface area contributed by atoms with Gasteiger partial charge in [-0.3, -0.25) is 4.79 Å². The highest BCUT2D eigenvalue weighted by molar-refractivity contribution is 7.10. The Kier molecular flexibility index (Phi) is 4.25. The molecule has 1 aliphatic rings. The minimum atomic E-state index is 0.247. The molecule has 1 atom stereocenters. The van der Waals surface area contributed by atoms with Gasteiger partial charge in [0.05, 0.1) is 6.42 Å². The summed E-state index contributed by atoms with van der Waals surface area (Å²) in [5.41, 5.74) is 1.25. The Morgan fingerprint density at radius 2 is 2.00 bits per heavy atom. The van der Waals surface area contributed by atoms with Gasteiger partial charge in [-0.05, 0) is 30.5 Å². The number of benzene rings is 1. The third-order valence-electron chi connectivity index (χ3n) is 3.97. The zero-order valence-corrected chi connectivity index (χ0v) is 13.1. The third-order valence-corrected chi connectivity index (χ3v) is 4.85. The normalized spacial score (nSPS) is 18.8. The van der Waals surface area contributed by atoms with Crippen molar-refractivity contribution >= 4 is 22.9 Å². The van der Waals surface area contributed by atoms with Gasteiger partial charge in [-0.15, -0.1) is 11.3 Å². The van der Waals surface area contributed by atoms with E-state index in [1.54, 1.807) is 11.3 Å². The standard InChI is InChI=1S/C17H20N2OS/c1-14-13-18(17(20)12-16-8-5-11-21-16)9-10-19(14)15-6-3-2-4-7-15/h2-8,11,14H,9-10,12-13H2,1H3. The summed E-state index contributed by atoms with van der Waals surface area (Å²) in [7, 11) is 0. The molecule has 3 rings (SSSR count). The molecule has 0 radical (unpaired) electrons. The summed E-state index contributed by atoms with van der Waals surface area (Å²) in [5.74, 6) is 0.247. The number of thiophene rings is 1. The molecule has 110 valence electrons. The maximum absolute atomic E-state index is 12.4. The van der Waals surface area contributed by atoms with Crippen LogP contribution in [0.25, 0.3) is 0 Å². The Morgan fingerprint density at radius 1 is 1.19 bits per heavy atom. The van der Waals surface area contributed by atoms with Crippen LogP contribution in [0.1, 0.15) is 11.8 Å². The maximum atomic E-state index is 12.4. The van der Waals surface area contributed by atoms with Crippen LogP contribution < -0.4 is 4.90 Å². The van der Waals surface area contributed by atoms with Crippen molar-refractivity contribution in [3.05, 3.63) is 52.7 Å². The quantitative estimate of drug-likeness (QED) is 0.870. The van der Waals surface area contributed by atoms with Crippen LogP contribution in [0.5, 0.6) is 0 Å². The summed E-state index contributed by atoms with van der Waals surface area (Å²) in [6.45, 7) is 4.71. The van der Waals surface area contributed by atoms with Crippen LogP contribution in [0.15, 0.2) is 47.8 Å². The highest BCUT2D eigenvalue weighted by atomic mass is 32.1. The van der Waals surface area contributed by atoms with E-state index in [0.717, 1.165) is 24.5 Å². The van der Waals surface area contributed by atoms with Crippen molar-refractivity contribution in [1.82, 2.24) is 4.90 Å². The fourth-order valence-electron chi connectivity index (χ4n) is 2.86. The number of nitrogens with zero attached hydrogens (tertiary/aromatic N) is 2. The first-order valence-electron chi connectivity index (χ1n) is 7.36. The molecule has 0 spiro atoms. The smallest absolute Gasteiger partial charge is 0.227 e. The fraction of sp³-hybridized carbons (Fsp3) is 0.353. The van der Waals surface area contributed by atoms with Crippen LogP contribution in [0.4, 0.5) is 5.69 Å². The molecule has 1 aliphatic heterocycles. The Hall–Kier alpha value is -1.81. The minimum absolute atomic E-state index is 0.247. The number of hydrogen-bond donors (Lipinski definition) is 0. The number of carbonyl (C=O) groups is 1. The van der Waals surface area contributed by atoms with Gasteiger partial charge in [0.25, 0.3) is 0 Å². The lowest BCUT2D eigenvalue weighted by Gasteiger charge is -2.41. The minimum Gasteiger partial charge on any atom is -0.365 e. The first-order chi connectivity index (χ1) is 10.2. The van der Waals surface area contributed by atoms with Crippen LogP contribution in [0.3, 0.4) is 0 Å². The van der Waals surface area contributed by atoms with E-state index >= 15 is 0 Å². The van der Waals surface area contributed by atoms with Crippen LogP contribution in [0.2, 0.25) is 0 Å². The topological polar surface area (TPSA) is 23.6 Å². The number of amides is 1. The Bertz CT molecular complexity index is 582. The molecule has 0 saturated carbocycles. The van der Waals surface area contributed by atoms with Gasteiger partial charge in [-0.25, -0.2) is 0 Å². The molecule has 1 aromatic carbocycles. The van der Waals surface area contributed by atoms with Gasteiger partial charge in [-0.2, -0.15) is 0 Å². The van der Waals surface area contributed by atoms with Gasteiger partial charge in [0.1, 0.15) is 0 Å². The van der Waals surface area contributed by atoms with Crippen molar-refractivity contribution in [3.8, 4) is 0 Å². The fourth-order valence-corrected chi connectivity index (χ4v) is 3.56. The summed E-state index contributed by atoms with van der Waals surface area (Å²) >= 11 is 1.66. The lowest BCUT2D eigenvalue weighted by Crippen LogP contribution is -2.54. The molecule has 4 heteroatoms. The van der Waals surface area contributed by atoms with Gasteiger partial charge in [0.2, 0.25) is 5.91 Å². The van der Waals surface area contributed by atoms with E-state index in [-0.39, 0.29) is 5.91 Å². The predicted octanol–water partition coefficient (Wildman–Crippen LogP) is 3.03. The number of hydrogen-bond acceptors (Lipinski definition) is 3. The lowest BCUT2D eigenvalue weighted by molar-refractivity contribution is -0.131. The van der Waals surface area contributed by atoms with Crippen LogP contribution in [-0.4, -0.2) is 36.5 Å². The van der Waals surface area contributed by atoms with E-state index in [9.17, 15) is 4.79 Å². The van der Waals surface area contributed by atoms with E-state index in [2.05, 4.69) is 36.1 Å². The molecule has 3 nitrogen and oxygen atoms in total. The largest absolute Gasteiger partial charge is 0.365 e. The van der Waals surface area contributed by atoms with E-state index in [1.165, 1.54) is 5.69 Å². The molecule has 21 heavy (non-hydrogen) atoms. The average molecular weight is 300 g/mol. The van der Waals surface area contributed by atoms with Crippen molar-refractivity contribution in [1.29, 1.82) is 0 Å². The molecule has 0 aliphatic carbocycles. The van der Waals surface area contributed by atoms with E-state index in [4.69, 9.17) is 0 Å². The van der Waals surface area contributed by atoms with Gasteiger partial charge in [0.15, 0.2) is 0 Å². The summed E-state index contributed by atoms with van der Waals surface area (Å²) < 4.78 is 0. The molecular formula is C17H20N2OS. The molecule has 1 saturated heterocycles. The number of para-hydroxylation sites is 1. The first-order valence-corrected chi connectivity index (χ1v) is 8.24. The highest BCUT2D eigenvalue weighted by Crippen LogP contribution is 2.21. The van der Waals surface area contributed by atoms with Gasteiger partial charge in [-0.1, -0.05) is 24.3 Å². The maximum Gasteiger partial charge on any atom is 0.227 e. The number of piperazine rings is 1. The summed E-state index contributed by atoms with van der Waals surface area (Å²) in [5, 5.41) is 2.03.